The van der Waals surface area contributed by atoms with Crippen LogP contribution < -0.4 is 10.6 Å². The van der Waals surface area contributed by atoms with Crippen LogP contribution in [0.3, 0.4) is 0 Å². The molecule has 3 aliphatic rings. The van der Waals surface area contributed by atoms with E-state index in [2.05, 4.69) is 19.7 Å². The number of likely N-dealkylation sites (tertiary alicyclic amines) is 1. The minimum Gasteiger partial charge on any atom is -0.459 e. The molecule has 0 spiro atoms. The number of hydrogen-bond donors (Lipinski definition) is 1. The Morgan fingerprint density at radius 2 is 1.71 bits per heavy atom. The lowest BCUT2D eigenvalue weighted by molar-refractivity contribution is -0.161. The van der Waals surface area contributed by atoms with Crippen molar-refractivity contribution >= 4 is 29.7 Å². The molecule has 2 unspecified atom stereocenters. The molecular formula is C29H44N6O6. The van der Waals surface area contributed by atoms with E-state index in [1.54, 1.807) is 29.2 Å². The zero-order chi connectivity index (χ0) is 29.7. The number of hydrogen-bond acceptors (Lipinski definition) is 9. The van der Waals surface area contributed by atoms with Crippen molar-refractivity contribution in [3.05, 3.63) is 29.8 Å². The van der Waals surface area contributed by atoms with E-state index in [0.717, 1.165) is 52.1 Å². The van der Waals surface area contributed by atoms with Gasteiger partial charge in [-0.1, -0.05) is 0 Å². The second-order valence-electron chi connectivity index (χ2n) is 12.1. The van der Waals surface area contributed by atoms with Crippen LogP contribution in [0.1, 0.15) is 46.1 Å². The van der Waals surface area contributed by atoms with Crippen molar-refractivity contribution in [1.29, 1.82) is 0 Å². The molecule has 3 fully saturated rings. The number of piperazine rings is 1. The SMILES string of the molecule is CC(C(=O)OC(C)(C)C)N1CCN(CC2CN(c3ccc(C(N)=NC(=O)OC4CCN(C)CC4)cc3)C(=O)O2)CC1. The number of rotatable bonds is 7. The maximum Gasteiger partial charge on any atom is 0.435 e. The van der Waals surface area contributed by atoms with Gasteiger partial charge in [0, 0.05) is 57.1 Å². The molecule has 12 heteroatoms. The Labute approximate surface area is 242 Å². The van der Waals surface area contributed by atoms with Gasteiger partial charge in [-0.3, -0.25) is 19.5 Å². The molecule has 0 aliphatic carbocycles. The van der Waals surface area contributed by atoms with Crippen LogP contribution in [0.2, 0.25) is 0 Å². The maximum absolute atomic E-state index is 12.6. The van der Waals surface area contributed by atoms with E-state index < -0.39 is 17.8 Å². The summed E-state index contributed by atoms with van der Waals surface area (Å²) in [6.45, 7) is 13.3. The van der Waals surface area contributed by atoms with Crippen LogP contribution in [-0.2, 0) is 19.0 Å². The van der Waals surface area contributed by atoms with Gasteiger partial charge in [0.2, 0.25) is 0 Å². The first-order chi connectivity index (χ1) is 19.4. The zero-order valence-corrected chi connectivity index (χ0v) is 24.9. The third kappa shape index (κ3) is 8.64. The predicted molar refractivity (Wildman–Crippen MR) is 155 cm³/mol. The highest BCUT2D eigenvalue weighted by Crippen LogP contribution is 2.23. The first-order valence-electron chi connectivity index (χ1n) is 14.4. The van der Waals surface area contributed by atoms with Gasteiger partial charge in [0.1, 0.15) is 29.7 Å². The van der Waals surface area contributed by atoms with Crippen LogP contribution in [0, 0.1) is 0 Å². The van der Waals surface area contributed by atoms with Gasteiger partial charge in [-0.05, 0) is 71.8 Å². The summed E-state index contributed by atoms with van der Waals surface area (Å²) in [5.74, 6) is -0.144. The highest BCUT2D eigenvalue weighted by atomic mass is 16.6. The molecule has 2 N–H and O–H groups in total. The van der Waals surface area contributed by atoms with E-state index in [0.29, 0.717) is 24.3 Å². The Balaban J connectivity index is 1.24. The first kappa shape index (κ1) is 30.7. The second-order valence-corrected chi connectivity index (χ2v) is 12.1. The lowest BCUT2D eigenvalue weighted by Crippen LogP contribution is -2.54. The van der Waals surface area contributed by atoms with E-state index in [9.17, 15) is 14.4 Å². The number of aliphatic imine (C=N–C) groups is 1. The molecule has 2 amide bonds. The molecule has 3 saturated heterocycles. The van der Waals surface area contributed by atoms with Crippen molar-refractivity contribution in [3.63, 3.8) is 0 Å². The van der Waals surface area contributed by atoms with Gasteiger partial charge >= 0.3 is 18.2 Å². The van der Waals surface area contributed by atoms with Crippen molar-refractivity contribution in [2.24, 2.45) is 10.7 Å². The Hall–Kier alpha value is -3.22. The number of nitrogens with two attached hydrogens (primary N) is 1. The molecule has 2 atom stereocenters. The van der Waals surface area contributed by atoms with E-state index >= 15 is 0 Å². The van der Waals surface area contributed by atoms with Crippen molar-refractivity contribution in [3.8, 4) is 0 Å². The maximum atomic E-state index is 12.6. The molecule has 3 heterocycles. The summed E-state index contributed by atoms with van der Waals surface area (Å²) in [6, 6.07) is 6.68. The minimum atomic E-state index is -0.688. The third-order valence-electron chi connectivity index (χ3n) is 7.66. The number of carbonyl (C=O) groups excluding carboxylic acids is 3. The number of ether oxygens (including phenoxy) is 3. The normalized spacial score (nSPS) is 22.9. The number of amides is 2. The first-order valence-corrected chi connectivity index (χ1v) is 14.4. The van der Waals surface area contributed by atoms with Crippen LogP contribution in [-0.4, -0.2) is 122 Å². The number of anilines is 1. The monoisotopic (exact) mass is 572 g/mol. The van der Waals surface area contributed by atoms with Crippen LogP contribution in [0.15, 0.2) is 29.3 Å². The molecule has 1 aromatic carbocycles. The molecule has 0 bridgehead atoms. The van der Waals surface area contributed by atoms with Crippen LogP contribution >= 0.6 is 0 Å². The molecular weight excluding hydrogens is 528 g/mol. The molecule has 0 radical (unpaired) electrons. The van der Waals surface area contributed by atoms with E-state index in [1.807, 2.05) is 34.7 Å². The van der Waals surface area contributed by atoms with Gasteiger partial charge in [0.05, 0.1) is 6.54 Å². The van der Waals surface area contributed by atoms with Crippen LogP contribution in [0.5, 0.6) is 0 Å². The molecule has 12 nitrogen and oxygen atoms in total. The molecule has 3 aliphatic heterocycles. The van der Waals surface area contributed by atoms with Gasteiger partial charge in [-0.25, -0.2) is 9.59 Å². The predicted octanol–water partition coefficient (Wildman–Crippen LogP) is 2.30. The van der Waals surface area contributed by atoms with Gasteiger partial charge in [0.25, 0.3) is 0 Å². The zero-order valence-electron chi connectivity index (χ0n) is 24.9. The smallest absolute Gasteiger partial charge is 0.435 e. The number of piperidine rings is 1. The van der Waals surface area contributed by atoms with Crippen LogP contribution in [0.4, 0.5) is 15.3 Å². The average Bonchev–Trinajstić information content (AvgIpc) is 3.28. The van der Waals surface area contributed by atoms with E-state index in [1.165, 1.54) is 0 Å². The fourth-order valence-corrected chi connectivity index (χ4v) is 5.23. The Kier molecular flexibility index (Phi) is 9.88. The summed E-state index contributed by atoms with van der Waals surface area (Å²) in [5.41, 5.74) is 6.79. The fraction of sp³-hybridized carbons (Fsp3) is 0.655. The second kappa shape index (κ2) is 13.2. The lowest BCUT2D eigenvalue weighted by Gasteiger charge is -2.38. The summed E-state index contributed by atoms with van der Waals surface area (Å²) < 4.78 is 16.6. The summed E-state index contributed by atoms with van der Waals surface area (Å²) in [5, 5.41) is 0. The van der Waals surface area contributed by atoms with Crippen LogP contribution in [0.25, 0.3) is 0 Å². The Morgan fingerprint density at radius 3 is 2.32 bits per heavy atom. The lowest BCUT2D eigenvalue weighted by atomic mass is 10.1. The molecule has 41 heavy (non-hydrogen) atoms. The molecule has 0 aromatic heterocycles. The number of cyclic esters (lactones) is 1. The molecule has 1 aromatic rings. The topological polar surface area (TPSA) is 130 Å². The molecule has 0 saturated carbocycles. The minimum absolute atomic E-state index is 0.0662. The van der Waals surface area contributed by atoms with E-state index in [-0.39, 0.29) is 30.1 Å². The summed E-state index contributed by atoms with van der Waals surface area (Å²) >= 11 is 0. The molecule has 226 valence electrons. The van der Waals surface area contributed by atoms with Gasteiger partial charge in [0.15, 0.2) is 0 Å². The summed E-state index contributed by atoms with van der Waals surface area (Å²) in [7, 11) is 2.04. The van der Waals surface area contributed by atoms with Crippen molar-refractivity contribution in [1.82, 2.24) is 14.7 Å². The standard InChI is InChI=1S/C29H44N6O6/c1-20(26(36)41-29(2,3)4)34-16-14-33(15-17-34)18-24-19-35(28(38)40-24)22-8-6-21(7-9-22)25(30)31-27(37)39-23-10-12-32(5)13-11-23/h6-9,20,23-24H,10-19H2,1-5H3,(H2,30,31,37). The van der Waals surface area contributed by atoms with Gasteiger partial charge in [-0.15, -0.1) is 0 Å². The highest BCUT2D eigenvalue weighted by molar-refractivity contribution is 6.03. The Morgan fingerprint density at radius 1 is 1.07 bits per heavy atom. The number of esters is 1. The number of carbonyl (C=O) groups is 3. The van der Waals surface area contributed by atoms with Crippen molar-refractivity contribution in [2.45, 2.75) is 64.4 Å². The average molecular weight is 573 g/mol. The van der Waals surface area contributed by atoms with Crippen molar-refractivity contribution in [2.75, 3.05) is 64.3 Å². The van der Waals surface area contributed by atoms with Gasteiger partial charge in [-0.2, -0.15) is 4.99 Å². The van der Waals surface area contributed by atoms with Gasteiger partial charge < -0.3 is 24.8 Å². The number of nitrogens with zero attached hydrogens (tertiary/aromatic N) is 5. The Bertz CT molecular complexity index is 1100. The largest absolute Gasteiger partial charge is 0.459 e. The van der Waals surface area contributed by atoms with Crippen molar-refractivity contribution < 1.29 is 28.6 Å². The van der Waals surface area contributed by atoms with E-state index in [4.69, 9.17) is 19.9 Å². The summed E-state index contributed by atoms with van der Waals surface area (Å²) in [6.07, 6.45) is 0.0656. The number of benzene rings is 1. The number of amidine groups is 1. The summed E-state index contributed by atoms with van der Waals surface area (Å²) in [4.78, 5) is 49.4. The third-order valence-corrected chi connectivity index (χ3v) is 7.66. The molecule has 4 rings (SSSR count). The fourth-order valence-electron chi connectivity index (χ4n) is 5.23. The highest BCUT2D eigenvalue weighted by Gasteiger charge is 2.35. The quantitative estimate of drug-likeness (QED) is 0.225.